The van der Waals surface area contributed by atoms with Crippen LogP contribution in [0.5, 0.6) is 0 Å². The van der Waals surface area contributed by atoms with Crippen LogP contribution in [0.1, 0.15) is 24.0 Å². The molecule has 0 bridgehead atoms. The van der Waals surface area contributed by atoms with Crippen molar-refractivity contribution in [1.82, 2.24) is 4.90 Å². The number of rotatable bonds is 2. The van der Waals surface area contributed by atoms with Gasteiger partial charge in [0.25, 0.3) is 0 Å². The minimum atomic E-state index is -0.282. The molecule has 120 valence electrons. The lowest BCUT2D eigenvalue weighted by Crippen LogP contribution is -2.41. The molecule has 2 heterocycles. The molecule has 4 rings (SSSR count). The number of allylic oxidation sites excluding steroid dienone is 2. The maximum Gasteiger partial charge on any atom is 0.233 e. The SMILES string of the molecule is O=C1[C@H]2CC=C(Cl)C[C@@H]2C(=O)N1C[C@@H]1Cc2ccccc2CO1. The predicted molar refractivity (Wildman–Crippen MR) is 85.6 cm³/mol. The first kappa shape index (κ1) is 14.9. The molecule has 1 aliphatic carbocycles. The first-order valence-electron chi connectivity index (χ1n) is 8.01. The van der Waals surface area contributed by atoms with Gasteiger partial charge >= 0.3 is 0 Å². The van der Waals surface area contributed by atoms with Gasteiger partial charge < -0.3 is 4.74 Å². The van der Waals surface area contributed by atoms with Gasteiger partial charge in [-0.3, -0.25) is 14.5 Å². The van der Waals surface area contributed by atoms with Crippen molar-refractivity contribution in [3.8, 4) is 0 Å². The van der Waals surface area contributed by atoms with Crippen LogP contribution in [0.3, 0.4) is 0 Å². The van der Waals surface area contributed by atoms with E-state index in [1.165, 1.54) is 16.0 Å². The first-order chi connectivity index (χ1) is 11.1. The van der Waals surface area contributed by atoms with E-state index in [2.05, 4.69) is 12.1 Å². The molecule has 0 aromatic heterocycles. The Morgan fingerprint density at radius 1 is 1.09 bits per heavy atom. The first-order valence-corrected chi connectivity index (χ1v) is 8.39. The molecule has 2 aliphatic heterocycles. The Morgan fingerprint density at radius 3 is 2.65 bits per heavy atom. The number of amides is 2. The van der Waals surface area contributed by atoms with Gasteiger partial charge in [-0.15, -0.1) is 0 Å². The van der Waals surface area contributed by atoms with E-state index < -0.39 is 0 Å². The van der Waals surface area contributed by atoms with E-state index in [0.717, 1.165) is 6.42 Å². The molecule has 0 saturated carbocycles. The van der Waals surface area contributed by atoms with Crippen LogP contribution in [-0.2, 0) is 27.4 Å². The molecular weight excluding hydrogens is 314 g/mol. The number of carbonyl (C=O) groups is 2. The molecule has 0 spiro atoms. The van der Waals surface area contributed by atoms with E-state index in [0.29, 0.717) is 31.0 Å². The number of ether oxygens (including phenoxy) is 1. The maximum absolute atomic E-state index is 12.6. The van der Waals surface area contributed by atoms with Crippen molar-refractivity contribution in [2.24, 2.45) is 11.8 Å². The van der Waals surface area contributed by atoms with E-state index in [1.807, 2.05) is 18.2 Å². The Hall–Kier alpha value is -1.65. The monoisotopic (exact) mass is 331 g/mol. The van der Waals surface area contributed by atoms with E-state index in [1.54, 1.807) is 0 Å². The third-order valence-electron chi connectivity index (χ3n) is 5.09. The highest BCUT2D eigenvalue weighted by Crippen LogP contribution is 2.39. The van der Waals surface area contributed by atoms with Crippen LogP contribution in [0, 0.1) is 11.8 Å². The molecular formula is C18H18ClNO3. The van der Waals surface area contributed by atoms with Crippen molar-refractivity contribution in [3.63, 3.8) is 0 Å². The van der Waals surface area contributed by atoms with E-state index in [9.17, 15) is 9.59 Å². The van der Waals surface area contributed by atoms with Crippen LogP contribution in [0.25, 0.3) is 0 Å². The van der Waals surface area contributed by atoms with Gasteiger partial charge in [-0.1, -0.05) is 41.9 Å². The zero-order valence-electron chi connectivity index (χ0n) is 12.7. The lowest BCUT2D eigenvalue weighted by Gasteiger charge is -2.28. The van der Waals surface area contributed by atoms with Crippen LogP contribution in [0.15, 0.2) is 35.4 Å². The highest BCUT2D eigenvalue weighted by molar-refractivity contribution is 6.30. The number of benzene rings is 1. The van der Waals surface area contributed by atoms with E-state index in [-0.39, 0.29) is 29.8 Å². The predicted octanol–water partition coefficient (Wildman–Crippen LogP) is 2.65. The molecule has 0 N–H and O–H groups in total. The standard InChI is InChI=1S/C18H18ClNO3/c19-13-5-6-15-16(8-13)18(22)20(17(15)21)9-14-7-11-3-1-2-4-12(11)10-23-14/h1-5,14-16H,6-10H2/t14-,15-,16-/m0/s1. The van der Waals surface area contributed by atoms with Gasteiger partial charge in [0.05, 0.1) is 31.1 Å². The second-order valence-corrected chi connectivity index (χ2v) is 6.98. The Labute approximate surface area is 140 Å². The summed E-state index contributed by atoms with van der Waals surface area (Å²) >= 11 is 6.05. The van der Waals surface area contributed by atoms with E-state index >= 15 is 0 Å². The molecule has 1 saturated heterocycles. The fourth-order valence-electron chi connectivity index (χ4n) is 3.81. The molecule has 1 aromatic rings. The van der Waals surface area contributed by atoms with Crippen LogP contribution < -0.4 is 0 Å². The van der Waals surface area contributed by atoms with Crippen molar-refractivity contribution in [1.29, 1.82) is 0 Å². The summed E-state index contributed by atoms with van der Waals surface area (Å²) in [5.74, 6) is -0.673. The summed E-state index contributed by atoms with van der Waals surface area (Å²) in [6.45, 7) is 0.883. The summed E-state index contributed by atoms with van der Waals surface area (Å²) in [6, 6.07) is 8.15. The fourth-order valence-corrected chi connectivity index (χ4v) is 4.06. The highest BCUT2D eigenvalue weighted by Gasteiger charge is 2.48. The third kappa shape index (κ3) is 2.60. The fraction of sp³-hybridized carbons (Fsp3) is 0.444. The van der Waals surface area contributed by atoms with Gasteiger partial charge in [-0.25, -0.2) is 0 Å². The smallest absolute Gasteiger partial charge is 0.233 e. The zero-order chi connectivity index (χ0) is 16.0. The Balaban J connectivity index is 1.48. The van der Waals surface area contributed by atoms with Crippen LogP contribution in [0.2, 0.25) is 0 Å². The second-order valence-electron chi connectivity index (χ2n) is 6.50. The van der Waals surface area contributed by atoms with Crippen molar-refractivity contribution < 1.29 is 14.3 Å². The summed E-state index contributed by atoms with van der Waals surface area (Å²) < 4.78 is 5.85. The summed E-state index contributed by atoms with van der Waals surface area (Å²) in [7, 11) is 0. The van der Waals surface area contributed by atoms with Gasteiger partial charge in [0.15, 0.2) is 0 Å². The Kier molecular flexibility index (Phi) is 3.74. The van der Waals surface area contributed by atoms with Crippen LogP contribution >= 0.6 is 11.6 Å². The lowest BCUT2D eigenvalue weighted by atomic mass is 9.85. The highest BCUT2D eigenvalue weighted by atomic mass is 35.5. The topological polar surface area (TPSA) is 46.6 Å². The minimum absolute atomic E-state index is 0.0668. The summed E-state index contributed by atoms with van der Waals surface area (Å²) in [4.78, 5) is 26.5. The van der Waals surface area contributed by atoms with Gasteiger partial charge in [0.2, 0.25) is 11.8 Å². The van der Waals surface area contributed by atoms with Crippen molar-refractivity contribution in [2.75, 3.05) is 6.54 Å². The van der Waals surface area contributed by atoms with Crippen LogP contribution in [-0.4, -0.2) is 29.4 Å². The molecule has 3 atom stereocenters. The minimum Gasteiger partial charge on any atom is -0.371 e. The number of hydrogen-bond acceptors (Lipinski definition) is 3. The van der Waals surface area contributed by atoms with Gasteiger partial charge in [-0.2, -0.15) is 0 Å². The van der Waals surface area contributed by atoms with Gasteiger partial charge in [-0.05, 0) is 24.0 Å². The van der Waals surface area contributed by atoms with Gasteiger partial charge in [0, 0.05) is 11.5 Å². The number of nitrogens with zero attached hydrogens (tertiary/aromatic N) is 1. The molecule has 1 fully saturated rings. The average molecular weight is 332 g/mol. The number of carbonyl (C=O) groups excluding carboxylic acids is 2. The maximum atomic E-state index is 12.6. The Bertz CT molecular complexity index is 699. The molecule has 4 nitrogen and oxygen atoms in total. The Morgan fingerprint density at radius 2 is 1.83 bits per heavy atom. The molecule has 1 aromatic carbocycles. The summed E-state index contributed by atoms with van der Waals surface area (Å²) in [5, 5.41) is 0.692. The van der Waals surface area contributed by atoms with Gasteiger partial charge in [0.1, 0.15) is 0 Å². The number of hydrogen-bond donors (Lipinski definition) is 0. The van der Waals surface area contributed by atoms with Crippen molar-refractivity contribution in [2.45, 2.75) is 32.0 Å². The molecule has 0 unspecified atom stereocenters. The largest absolute Gasteiger partial charge is 0.371 e. The van der Waals surface area contributed by atoms with Crippen LogP contribution in [0.4, 0.5) is 0 Å². The lowest BCUT2D eigenvalue weighted by molar-refractivity contribution is -0.142. The molecule has 2 amide bonds. The van der Waals surface area contributed by atoms with Crippen molar-refractivity contribution in [3.05, 3.63) is 46.5 Å². The number of imide groups is 1. The number of halogens is 1. The quantitative estimate of drug-likeness (QED) is 0.783. The normalized spacial score (nSPS) is 30.0. The third-order valence-corrected chi connectivity index (χ3v) is 5.40. The summed E-state index contributed by atoms with van der Waals surface area (Å²) in [6.07, 6.45) is 3.54. The molecule has 5 heteroatoms. The van der Waals surface area contributed by atoms with E-state index in [4.69, 9.17) is 16.3 Å². The molecule has 23 heavy (non-hydrogen) atoms. The zero-order valence-corrected chi connectivity index (χ0v) is 13.5. The van der Waals surface area contributed by atoms with Crippen molar-refractivity contribution >= 4 is 23.4 Å². The number of fused-ring (bicyclic) bond motifs is 2. The average Bonchev–Trinajstić information content (AvgIpc) is 2.79. The molecule has 3 aliphatic rings. The molecule has 0 radical (unpaired) electrons. The second kappa shape index (κ2) is 5.77. The summed E-state index contributed by atoms with van der Waals surface area (Å²) in [5.41, 5.74) is 2.43. The number of likely N-dealkylation sites (tertiary alicyclic amines) is 1.